The van der Waals surface area contributed by atoms with Crippen molar-refractivity contribution in [1.82, 2.24) is 10.2 Å². The molecule has 2 rings (SSSR count). The van der Waals surface area contributed by atoms with Crippen molar-refractivity contribution in [3.05, 3.63) is 23.8 Å². The first-order valence-electron chi connectivity index (χ1n) is 7.62. The molecule has 116 valence electrons. The molecule has 1 heterocycles. The number of hydrogen-bond acceptors (Lipinski definition) is 4. The number of nitrogen functional groups attached to an aromatic ring is 1. The Balaban J connectivity index is 2.14. The zero-order valence-corrected chi connectivity index (χ0v) is 13.2. The van der Waals surface area contributed by atoms with Crippen LogP contribution in [0.1, 0.15) is 30.1 Å². The molecule has 0 saturated carbocycles. The summed E-state index contributed by atoms with van der Waals surface area (Å²) in [6.07, 6.45) is 2.39. The van der Waals surface area contributed by atoms with Crippen LogP contribution in [0.5, 0.6) is 0 Å². The molecule has 3 N–H and O–H groups in total. The van der Waals surface area contributed by atoms with Crippen LogP contribution in [0.3, 0.4) is 0 Å². The molecule has 0 aliphatic carbocycles. The molecule has 1 fully saturated rings. The monoisotopic (exact) mass is 290 g/mol. The van der Waals surface area contributed by atoms with Crippen LogP contribution in [0.2, 0.25) is 0 Å². The average Bonchev–Trinajstić information content (AvgIpc) is 2.46. The molecular formula is C16H26N4O. The molecule has 1 amide bonds. The number of nitrogens with zero attached hydrogens (tertiary/aromatic N) is 2. The Morgan fingerprint density at radius 3 is 2.90 bits per heavy atom. The third kappa shape index (κ3) is 3.67. The maximum absolute atomic E-state index is 11.8. The third-order valence-corrected chi connectivity index (χ3v) is 4.15. The van der Waals surface area contributed by atoms with E-state index in [0.29, 0.717) is 23.8 Å². The first-order valence-corrected chi connectivity index (χ1v) is 7.62. The molecule has 1 aromatic rings. The van der Waals surface area contributed by atoms with Crippen molar-refractivity contribution in [3.8, 4) is 0 Å². The number of likely N-dealkylation sites (N-methyl/N-ethyl adjacent to an activating group) is 2. The number of anilines is 2. The van der Waals surface area contributed by atoms with Crippen LogP contribution < -0.4 is 16.0 Å². The summed E-state index contributed by atoms with van der Waals surface area (Å²) < 4.78 is 0. The molecule has 1 aliphatic heterocycles. The van der Waals surface area contributed by atoms with Crippen molar-refractivity contribution in [2.45, 2.75) is 25.8 Å². The van der Waals surface area contributed by atoms with Crippen LogP contribution in [0, 0.1) is 0 Å². The van der Waals surface area contributed by atoms with Gasteiger partial charge in [0.05, 0.1) is 11.4 Å². The van der Waals surface area contributed by atoms with Gasteiger partial charge in [-0.25, -0.2) is 0 Å². The van der Waals surface area contributed by atoms with Gasteiger partial charge < -0.3 is 20.9 Å². The number of hydrogen-bond donors (Lipinski definition) is 2. The second-order valence-electron chi connectivity index (χ2n) is 5.80. The lowest BCUT2D eigenvalue weighted by Gasteiger charge is -2.37. The maximum atomic E-state index is 11.8. The fourth-order valence-corrected chi connectivity index (χ4v) is 2.93. The van der Waals surface area contributed by atoms with E-state index >= 15 is 0 Å². The molecule has 1 saturated heterocycles. The smallest absolute Gasteiger partial charge is 0.251 e. The Hall–Kier alpha value is -1.75. The minimum Gasteiger partial charge on any atom is -0.397 e. The number of nitrogens with one attached hydrogen (secondary N) is 1. The number of piperidine rings is 1. The van der Waals surface area contributed by atoms with E-state index in [1.807, 2.05) is 19.1 Å². The van der Waals surface area contributed by atoms with E-state index in [9.17, 15) is 4.79 Å². The summed E-state index contributed by atoms with van der Waals surface area (Å²) in [4.78, 5) is 16.4. The number of benzene rings is 1. The molecule has 1 aromatic carbocycles. The molecule has 21 heavy (non-hydrogen) atoms. The van der Waals surface area contributed by atoms with Crippen molar-refractivity contribution in [3.63, 3.8) is 0 Å². The number of carbonyl (C=O) groups is 1. The molecule has 0 aromatic heterocycles. The first-order chi connectivity index (χ1) is 10.0. The summed E-state index contributed by atoms with van der Waals surface area (Å²) >= 11 is 0. The maximum Gasteiger partial charge on any atom is 0.251 e. The lowest BCUT2D eigenvalue weighted by Crippen LogP contribution is -2.45. The molecule has 0 bridgehead atoms. The Morgan fingerprint density at radius 1 is 1.52 bits per heavy atom. The quantitative estimate of drug-likeness (QED) is 0.826. The predicted molar refractivity (Wildman–Crippen MR) is 87.8 cm³/mol. The van der Waals surface area contributed by atoms with Gasteiger partial charge >= 0.3 is 0 Å². The van der Waals surface area contributed by atoms with Crippen LogP contribution in [-0.4, -0.2) is 50.6 Å². The summed E-state index contributed by atoms with van der Waals surface area (Å²) in [5.74, 6) is -0.0733. The number of likely N-dealkylation sites (tertiary alicyclic amines) is 1. The van der Waals surface area contributed by atoms with Crippen molar-refractivity contribution < 1.29 is 4.79 Å². The highest BCUT2D eigenvalue weighted by atomic mass is 16.1. The minimum atomic E-state index is -0.0733. The Bertz CT molecular complexity index is 503. The number of rotatable bonds is 4. The third-order valence-electron chi connectivity index (χ3n) is 4.15. The van der Waals surface area contributed by atoms with Crippen molar-refractivity contribution in [2.75, 3.05) is 44.4 Å². The predicted octanol–water partition coefficient (Wildman–Crippen LogP) is 1.55. The van der Waals surface area contributed by atoms with Gasteiger partial charge in [0.1, 0.15) is 0 Å². The van der Waals surface area contributed by atoms with Crippen molar-refractivity contribution in [1.29, 1.82) is 0 Å². The Labute approximate surface area is 127 Å². The van der Waals surface area contributed by atoms with Crippen LogP contribution in [-0.2, 0) is 0 Å². The van der Waals surface area contributed by atoms with Gasteiger partial charge in [0, 0.05) is 31.7 Å². The fourth-order valence-electron chi connectivity index (χ4n) is 2.93. The molecule has 1 unspecified atom stereocenters. The summed E-state index contributed by atoms with van der Waals surface area (Å²) in [6.45, 7) is 4.74. The lowest BCUT2D eigenvalue weighted by atomic mass is 10.0. The molecule has 0 radical (unpaired) electrons. The highest BCUT2D eigenvalue weighted by molar-refractivity contribution is 5.96. The summed E-state index contributed by atoms with van der Waals surface area (Å²) in [5, 5.41) is 2.79. The number of amides is 1. The molecule has 1 atom stereocenters. The summed E-state index contributed by atoms with van der Waals surface area (Å²) in [6, 6.07) is 6.04. The van der Waals surface area contributed by atoms with Crippen molar-refractivity contribution in [2.24, 2.45) is 0 Å². The second-order valence-corrected chi connectivity index (χ2v) is 5.80. The molecule has 1 aliphatic rings. The average molecular weight is 290 g/mol. The SMILES string of the molecule is CCNC(=O)c1ccc(N(C)C2CCCN(C)C2)c(N)c1. The van der Waals surface area contributed by atoms with E-state index in [2.05, 4.69) is 29.2 Å². The summed E-state index contributed by atoms with van der Waals surface area (Å²) in [5.41, 5.74) is 8.44. The van der Waals surface area contributed by atoms with Gasteiger partial charge in [-0.2, -0.15) is 0 Å². The number of carbonyl (C=O) groups excluding carboxylic acids is 1. The van der Waals surface area contributed by atoms with Crippen LogP contribution in [0.15, 0.2) is 18.2 Å². The first kappa shape index (κ1) is 15.6. The largest absolute Gasteiger partial charge is 0.397 e. The number of nitrogens with two attached hydrogens (primary N) is 1. The van der Waals surface area contributed by atoms with Crippen LogP contribution in [0.25, 0.3) is 0 Å². The van der Waals surface area contributed by atoms with E-state index in [4.69, 9.17) is 5.73 Å². The van der Waals surface area contributed by atoms with E-state index in [1.54, 1.807) is 6.07 Å². The summed E-state index contributed by atoms with van der Waals surface area (Å²) in [7, 11) is 4.24. The van der Waals surface area contributed by atoms with Crippen LogP contribution in [0.4, 0.5) is 11.4 Å². The molecule has 5 nitrogen and oxygen atoms in total. The fraction of sp³-hybridized carbons (Fsp3) is 0.562. The van der Waals surface area contributed by atoms with Gasteiger partial charge in [0.25, 0.3) is 5.91 Å². The van der Waals surface area contributed by atoms with Crippen LogP contribution >= 0.6 is 0 Å². The standard InChI is InChI=1S/C16H26N4O/c1-4-18-16(21)12-7-8-15(14(17)10-12)20(3)13-6-5-9-19(2)11-13/h7-8,10,13H,4-6,9,11,17H2,1-3H3,(H,18,21). The van der Waals surface area contributed by atoms with E-state index < -0.39 is 0 Å². The van der Waals surface area contributed by atoms with E-state index in [0.717, 1.165) is 18.8 Å². The van der Waals surface area contributed by atoms with Gasteiger partial charge in [-0.05, 0) is 51.6 Å². The Morgan fingerprint density at radius 2 is 2.29 bits per heavy atom. The van der Waals surface area contributed by atoms with Gasteiger partial charge in [0.15, 0.2) is 0 Å². The van der Waals surface area contributed by atoms with Gasteiger partial charge in [-0.1, -0.05) is 0 Å². The van der Waals surface area contributed by atoms with E-state index in [-0.39, 0.29) is 5.91 Å². The Kier molecular flexibility index (Phi) is 5.07. The normalized spacial score (nSPS) is 19.3. The second kappa shape index (κ2) is 6.80. The zero-order valence-electron chi connectivity index (χ0n) is 13.2. The lowest BCUT2D eigenvalue weighted by molar-refractivity contribution is 0.0956. The molecular weight excluding hydrogens is 264 g/mol. The zero-order chi connectivity index (χ0) is 15.4. The van der Waals surface area contributed by atoms with Crippen molar-refractivity contribution >= 4 is 17.3 Å². The molecule has 0 spiro atoms. The highest BCUT2D eigenvalue weighted by Crippen LogP contribution is 2.27. The minimum absolute atomic E-state index is 0.0733. The van der Waals surface area contributed by atoms with Gasteiger partial charge in [-0.15, -0.1) is 0 Å². The topological polar surface area (TPSA) is 61.6 Å². The molecule has 5 heteroatoms. The highest BCUT2D eigenvalue weighted by Gasteiger charge is 2.22. The van der Waals surface area contributed by atoms with E-state index in [1.165, 1.54) is 12.8 Å². The van der Waals surface area contributed by atoms with Gasteiger partial charge in [-0.3, -0.25) is 4.79 Å². The van der Waals surface area contributed by atoms with Gasteiger partial charge in [0.2, 0.25) is 0 Å².